The fourth-order valence-corrected chi connectivity index (χ4v) is 2.64. The average molecular weight is 317 g/mol. The minimum Gasteiger partial charge on any atom is -0.353 e. The highest BCUT2D eigenvalue weighted by Gasteiger charge is 2.09. The van der Waals surface area contributed by atoms with E-state index in [1.165, 1.54) is 29.6 Å². The molecule has 2 aromatic rings. The Bertz CT molecular complexity index is 658. The first kappa shape index (κ1) is 16.3. The molecule has 0 fully saturated rings. The molecule has 0 saturated heterocycles. The molecule has 1 amide bonds. The number of aryl methyl sites for hydroxylation is 1. The maximum atomic E-state index is 11.9. The summed E-state index contributed by atoms with van der Waals surface area (Å²) in [7, 11) is 0. The van der Waals surface area contributed by atoms with E-state index in [9.17, 15) is 9.59 Å². The van der Waals surface area contributed by atoms with Crippen LogP contribution in [0.1, 0.15) is 18.9 Å². The Hall–Kier alpha value is -2.08. The fourth-order valence-electron chi connectivity index (χ4n) is 1.98. The van der Waals surface area contributed by atoms with Crippen LogP contribution in [0.2, 0.25) is 0 Å². The van der Waals surface area contributed by atoms with Gasteiger partial charge in [0.25, 0.3) is 5.56 Å². The molecule has 0 saturated carbocycles. The smallest absolute Gasteiger partial charge is 0.251 e. The van der Waals surface area contributed by atoms with E-state index in [1.54, 1.807) is 0 Å². The second kappa shape index (κ2) is 8.38. The van der Waals surface area contributed by atoms with Gasteiger partial charge in [-0.25, -0.2) is 4.98 Å². The second-order valence-electron chi connectivity index (χ2n) is 5.02. The summed E-state index contributed by atoms with van der Waals surface area (Å²) in [6, 6.07) is 11.6. The molecule has 22 heavy (non-hydrogen) atoms. The van der Waals surface area contributed by atoms with Gasteiger partial charge in [-0.05, 0) is 25.3 Å². The molecular weight excluding hydrogens is 298 g/mol. The molecule has 1 aromatic carbocycles. The monoisotopic (exact) mass is 317 g/mol. The standard InChI is InChI=1S/C16H19N3O2S/c1-12(7-8-13-5-3-2-4-6-13)18-15(21)11-22-16-17-10-9-14(20)19-16/h2-6,9-10,12H,7-8,11H2,1H3,(H,18,21)(H,17,19,20)/t12-/m1/s1. The van der Waals surface area contributed by atoms with Crippen molar-refractivity contribution >= 4 is 17.7 Å². The molecule has 1 aromatic heterocycles. The van der Waals surface area contributed by atoms with Crippen molar-refractivity contribution in [2.24, 2.45) is 0 Å². The summed E-state index contributed by atoms with van der Waals surface area (Å²) in [6.45, 7) is 1.99. The lowest BCUT2D eigenvalue weighted by Crippen LogP contribution is -2.34. The van der Waals surface area contributed by atoms with Crippen LogP contribution in [0.3, 0.4) is 0 Å². The number of thioether (sulfide) groups is 1. The predicted octanol–water partition coefficient (Wildman–Crippen LogP) is 2.00. The van der Waals surface area contributed by atoms with Gasteiger partial charge in [0, 0.05) is 18.3 Å². The highest BCUT2D eigenvalue weighted by atomic mass is 32.2. The maximum Gasteiger partial charge on any atom is 0.251 e. The Kier molecular flexibility index (Phi) is 6.21. The average Bonchev–Trinajstić information content (AvgIpc) is 2.52. The summed E-state index contributed by atoms with van der Waals surface area (Å²) in [4.78, 5) is 29.6. The molecule has 0 aliphatic carbocycles. The van der Waals surface area contributed by atoms with Gasteiger partial charge in [-0.2, -0.15) is 0 Å². The molecule has 2 N–H and O–H groups in total. The minimum atomic E-state index is -0.214. The van der Waals surface area contributed by atoms with Crippen LogP contribution < -0.4 is 10.9 Å². The number of hydrogen-bond acceptors (Lipinski definition) is 4. The zero-order valence-corrected chi connectivity index (χ0v) is 13.2. The van der Waals surface area contributed by atoms with Crippen molar-refractivity contribution in [2.75, 3.05) is 5.75 Å². The van der Waals surface area contributed by atoms with Gasteiger partial charge in [0.15, 0.2) is 5.16 Å². The number of aromatic nitrogens is 2. The third-order valence-electron chi connectivity index (χ3n) is 3.10. The van der Waals surface area contributed by atoms with Crippen molar-refractivity contribution in [1.29, 1.82) is 0 Å². The molecule has 0 radical (unpaired) electrons. The molecule has 6 heteroatoms. The lowest BCUT2D eigenvalue weighted by atomic mass is 10.1. The van der Waals surface area contributed by atoms with Gasteiger partial charge in [0.2, 0.25) is 5.91 Å². The Morgan fingerprint density at radius 1 is 1.32 bits per heavy atom. The van der Waals surface area contributed by atoms with Crippen LogP contribution in [0, 0.1) is 0 Å². The number of H-pyrrole nitrogens is 1. The van der Waals surface area contributed by atoms with E-state index in [0.29, 0.717) is 5.16 Å². The summed E-state index contributed by atoms with van der Waals surface area (Å²) in [5.74, 6) is 0.180. The summed E-state index contributed by atoms with van der Waals surface area (Å²) < 4.78 is 0. The van der Waals surface area contributed by atoms with Crippen molar-refractivity contribution in [3.05, 3.63) is 58.5 Å². The normalized spacial score (nSPS) is 11.9. The number of carbonyl (C=O) groups is 1. The third kappa shape index (κ3) is 5.73. The van der Waals surface area contributed by atoms with Crippen molar-refractivity contribution in [3.8, 4) is 0 Å². The molecule has 2 rings (SSSR count). The summed E-state index contributed by atoms with van der Waals surface area (Å²) in [5, 5.41) is 3.41. The lowest BCUT2D eigenvalue weighted by molar-refractivity contribution is -0.119. The summed E-state index contributed by atoms with van der Waals surface area (Å²) in [6.07, 6.45) is 3.26. The van der Waals surface area contributed by atoms with Crippen LogP contribution in [-0.4, -0.2) is 27.7 Å². The topological polar surface area (TPSA) is 74.8 Å². The third-order valence-corrected chi connectivity index (χ3v) is 3.99. The van der Waals surface area contributed by atoms with Gasteiger partial charge < -0.3 is 10.3 Å². The Morgan fingerprint density at radius 3 is 2.82 bits per heavy atom. The predicted molar refractivity (Wildman–Crippen MR) is 87.9 cm³/mol. The first-order chi connectivity index (χ1) is 10.6. The number of nitrogens with one attached hydrogen (secondary N) is 2. The SMILES string of the molecule is C[C@H](CCc1ccccc1)NC(=O)CSc1nccc(=O)[nH]1. The largest absolute Gasteiger partial charge is 0.353 e. The zero-order chi connectivity index (χ0) is 15.8. The van der Waals surface area contributed by atoms with E-state index in [0.717, 1.165) is 12.8 Å². The number of benzene rings is 1. The molecule has 0 unspecified atom stereocenters. The first-order valence-corrected chi connectivity index (χ1v) is 8.13. The Morgan fingerprint density at radius 2 is 2.09 bits per heavy atom. The van der Waals surface area contributed by atoms with Crippen LogP contribution in [0.4, 0.5) is 0 Å². The molecule has 0 spiro atoms. The van der Waals surface area contributed by atoms with E-state index in [4.69, 9.17) is 0 Å². The van der Waals surface area contributed by atoms with Crippen molar-refractivity contribution < 1.29 is 4.79 Å². The Labute approximate surface area is 133 Å². The zero-order valence-electron chi connectivity index (χ0n) is 12.4. The maximum absolute atomic E-state index is 11.9. The highest BCUT2D eigenvalue weighted by molar-refractivity contribution is 7.99. The number of amides is 1. The molecule has 0 aliphatic rings. The van der Waals surface area contributed by atoms with Crippen LogP contribution in [-0.2, 0) is 11.2 Å². The fraction of sp³-hybridized carbons (Fsp3) is 0.312. The highest BCUT2D eigenvalue weighted by Crippen LogP contribution is 2.10. The van der Waals surface area contributed by atoms with E-state index in [1.807, 2.05) is 25.1 Å². The second-order valence-corrected chi connectivity index (χ2v) is 5.98. The minimum absolute atomic E-state index is 0.0583. The lowest BCUT2D eigenvalue weighted by Gasteiger charge is -2.13. The number of carbonyl (C=O) groups excluding carboxylic acids is 1. The Balaban J connectivity index is 1.71. The van der Waals surface area contributed by atoms with E-state index >= 15 is 0 Å². The molecule has 0 bridgehead atoms. The van der Waals surface area contributed by atoms with E-state index in [2.05, 4.69) is 27.4 Å². The van der Waals surface area contributed by atoms with Gasteiger partial charge in [-0.15, -0.1) is 0 Å². The van der Waals surface area contributed by atoms with Crippen molar-refractivity contribution in [3.63, 3.8) is 0 Å². The van der Waals surface area contributed by atoms with Crippen LogP contribution in [0.5, 0.6) is 0 Å². The van der Waals surface area contributed by atoms with Gasteiger partial charge >= 0.3 is 0 Å². The van der Waals surface area contributed by atoms with E-state index in [-0.39, 0.29) is 23.3 Å². The van der Waals surface area contributed by atoms with Crippen molar-refractivity contribution in [1.82, 2.24) is 15.3 Å². The summed E-state index contributed by atoms with van der Waals surface area (Å²) in [5.41, 5.74) is 1.05. The van der Waals surface area contributed by atoms with E-state index < -0.39 is 0 Å². The molecule has 5 nitrogen and oxygen atoms in total. The number of rotatable bonds is 7. The summed E-state index contributed by atoms with van der Waals surface area (Å²) >= 11 is 1.22. The van der Waals surface area contributed by atoms with Crippen LogP contribution in [0.15, 0.2) is 52.5 Å². The molecule has 0 aliphatic heterocycles. The van der Waals surface area contributed by atoms with Gasteiger partial charge in [-0.1, -0.05) is 42.1 Å². The quantitative estimate of drug-likeness (QED) is 0.605. The van der Waals surface area contributed by atoms with Gasteiger partial charge in [0.05, 0.1) is 5.75 Å². The molecule has 116 valence electrons. The number of hydrogen-bond donors (Lipinski definition) is 2. The number of nitrogens with zero attached hydrogens (tertiary/aromatic N) is 1. The molecule has 1 atom stereocenters. The molecular formula is C16H19N3O2S. The van der Waals surface area contributed by atoms with Crippen LogP contribution in [0.25, 0.3) is 0 Å². The van der Waals surface area contributed by atoms with Crippen molar-refractivity contribution in [2.45, 2.75) is 31.0 Å². The first-order valence-electron chi connectivity index (χ1n) is 7.15. The van der Waals surface area contributed by atoms with Gasteiger partial charge in [0.1, 0.15) is 0 Å². The van der Waals surface area contributed by atoms with Crippen LogP contribution >= 0.6 is 11.8 Å². The molecule has 1 heterocycles. The number of aromatic amines is 1. The van der Waals surface area contributed by atoms with Gasteiger partial charge in [-0.3, -0.25) is 9.59 Å².